The van der Waals surface area contributed by atoms with Crippen molar-refractivity contribution < 1.29 is 0 Å². The van der Waals surface area contributed by atoms with Crippen molar-refractivity contribution in [1.82, 2.24) is 0 Å². The average Bonchev–Trinajstić information content (AvgIpc) is 2.77. The zero-order valence-corrected chi connectivity index (χ0v) is 16.1. The van der Waals surface area contributed by atoms with Gasteiger partial charge in [-0.05, 0) is 61.5 Å². The number of hydrogen-bond donors (Lipinski definition) is 0. The molecule has 0 fully saturated rings. The monoisotopic (exact) mass is 364 g/mol. The van der Waals surface area contributed by atoms with E-state index in [1.54, 1.807) is 0 Å². The molecule has 0 aliphatic carbocycles. The third-order valence-electron chi connectivity index (χ3n) is 4.81. The molecule has 0 radical (unpaired) electrons. The second kappa shape index (κ2) is 8.45. The average molecular weight is 364 g/mol. The fourth-order valence-electron chi connectivity index (χ4n) is 3.52. The van der Waals surface area contributed by atoms with E-state index in [0.717, 1.165) is 23.6 Å². The molecule has 2 nitrogen and oxygen atoms in total. The molecule has 4 aromatic carbocycles. The second-order valence-electron chi connectivity index (χ2n) is 6.61. The van der Waals surface area contributed by atoms with Crippen LogP contribution in [0.15, 0.2) is 115 Å². The lowest BCUT2D eigenvalue weighted by atomic mass is 10.1. The minimum absolute atomic E-state index is 0.907. The van der Waals surface area contributed by atoms with Crippen LogP contribution in [0.1, 0.15) is 6.92 Å². The Kier molecular flexibility index (Phi) is 5.39. The highest BCUT2D eigenvalue weighted by Gasteiger charge is 2.14. The van der Waals surface area contributed by atoms with E-state index in [2.05, 4.69) is 132 Å². The van der Waals surface area contributed by atoms with Crippen molar-refractivity contribution in [1.29, 1.82) is 0 Å². The Morgan fingerprint density at radius 3 is 1.39 bits per heavy atom. The van der Waals surface area contributed by atoms with E-state index in [9.17, 15) is 0 Å². The topological polar surface area (TPSA) is 6.48 Å². The zero-order valence-electron chi connectivity index (χ0n) is 16.1. The van der Waals surface area contributed by atoms with Gasteiger partial charge in [0.1, 0.15) is 0 Å². The van der Waals surface area contributed by atoms with Crippen molar-refractivity contribution >= 4 is 28.4 Å². The lowest BCUT2D eigenvalue weighted by Gasteiger charge is -2.28. The normalized spacial score (nSPS) is 10.5. The third-order valence-corrected chi connectivity index (χ3v) is 4.81. The van der Waals surface area contributed by atoms with Gasteiger partial charge < -0.3 is 9.80 Å². The van der Waals surface area contributed by atoms with Crippen LogP contribution in [0, 0.1) is 0 Å². The Morgan fingerprint density at radius 1 is 0.464 bits per heavy atom. The molecule has 0 unspecified atom stereocenters. The first-order chi connectivity index (χ1) is 13.9. The molecule has 0 aliphatic rings. The van der Waals surface area contributed by atoms with Crippen molar-refractivity contribution in [3.8, 4) is 0 Å². The summed E-state index contributed by atoms with van der Waals surface area (Å²) < 4.78 is 0. The van der Waals surface area contributed by atoms with Crippen molar-refractivity contribution in [2.24, 2.45) is 0 Å². The zero-order chi connectivity index (χ0) is 19.2. The van der Waals surface area contributed by atoms with E-state index in [1.165, 1.54) is 11.4 Å². The lowest BCUT2D eigenvalue weighted by molar-refractivity contribution is 1.02. The number of para-hydroxylation sites is 3. The Balaban J connectivity index is 1.79. The molecule has 0 atom stereocenters. The Labute approximate surface area is 167 Å². The Morgan fingerprint density at radius 2 is 0.893 bits per heavy atom. The first-order valence-electron chi connectivity index (χ1n) is 9.69. The molecule has 0 spiro atoms. The van der Waals surface area contributed by atoms with E-state index in [1.807, 2.05) is 0 Å². The first kappa shape index (κ1) is 17.9. The van der Waals surface area contributed by atoms with Crippen molar-refractivity contribution in [2.45, 2.75) is 6.92 Å². The summed E-state index contributed by atoms with van der Waals surface area (Å²) in [6.07, 6.45) is 0. The molecule has 0 aromatic heterocycles. The molecule has 0 N–H and O–H groups in total. The van der Waals surface area contributed by atoms with Crippen LogP contribution in [0.25, 0.3) is 0 Å². The van der Waals surface area contributed by atoms with Gasteiger partial charge in [-0.1, -0.05) is 60.7 Å². The van der Waals surface area contributed by atoms with Gasteiger partial charge in [0.15, 0.2) is 0 Å². The number of benzene rings is 4. The molecule has 0 bridgehead atoms. The van der Waals surface area contributed by atoms with E-state index in [4.69, 9.17) is 0 Å². The molecule has 138 valence electrons. The summed E-state index contributed by atoms with van der Waals surface area (Å²) in [5.41, 5.74) is 5.82. The van der Waals surface area contributed by atoms with Crippen molar-refractivity contribution in [3.63, 3.8) is 0 Å². The minimum Gasteiger partial charge on any atom is -0.342 e. The lowest BCUT2D eigenvalue weighted by Crippen LogP contribution is -2.17. The van der Waals surface area contributed by atoms with Gasteiger partial charge in [-0.15, -0.1) is 0 Å². The molecule has 0 heterocycles. The third kappa shape index (κ3) is 3.77. The van der Waals surface area contributed by atoms with Gasteiger partial charge >= 0.3 is 0 Å². The molecule has 4 rings (SSSR count). The van der Waals surface area contributed by atoms with Crippen LogP contribution in [0.5, 0.6) is 0 Å². The van der Waals surface area contributed by atoms with Gasteiger partial charge in [0.05, 0.1) is 0 Å². The predicted molar refractivity (Wildman–Crippen MR) is 120 cm³/mol. The molecule has 4 aromatic rings. The number of anilines is 5. The molecular weight excluding hydrogens is 340 g/mol. The quantitative estimate of drug-likeness (QED) is 0.354. The van der Waals surface area contributed by atoms with Crippen LogP contribution >= 0.6 is 0 Å². The van der Waals surface area contributed by atoms with E-state index < -0.39 is 0 Å². The SMILES string of the molecule is CCN(c1ccccc1)c1cccc(N(c2ccccc2)c2ccccc2)c1. The van der Waals surface area contributed by atoms with E-state index >= 15 is 0 Å². The molecule has 0 amide bonds. The Bertz CT molecular complexity index is 959. The van der Waals surface area contributed by atoms with Crippen LogP contribution in [0.3, 0.4) is 0 Å². The first-order valence-corrected chi connectivity index (χ1v) is 9.69. The maximum Gasteiger partial charge on any atom is 0.0482 e. The van der Waals surface area contributed by atoms with Gasteiger partial charge in [-0.25, -0.2) is 0 Å². The van der Waals surface area contributed by atoms with Crippen molar-refractivity contribution in [2.75, 3.05) is 16.3 Å². The van der Waals surface area contributed by atoms with E-state index in [0.29, 0.717) is 0 Å². The molecule has 28 heavy (non-hydrogen) atoms. The fraction of sp³-hybridized carbons (Fsp3) is 0.0769. The van der Waals surface area contributed by atoms with Crippen LogP contribution in [0.4, 0.5) is 28.4 Å². The number of nitrogens with zero attached hydrogens (tertiary/aromatic N) is 2. The highest BCUT2D eigenvalue weighted by atomic mass is 15.2. The molecule has 0 saturated carbocycles. The summed E-state index contributed by atoms with van der Waals surface area (Å²) in [7, 11) is 0. The summed E-state index contributed by atoms with van der Waals surface area (Å²) >= 11 is 0. The van der Waals surface area contributed by atoms with Gasteiger partial charge in [0.25, 0.3) is 0 Å². The summed E-state index contributed by atoms with van der Waals surface area (Å²) in [5, 5.41) is 0. The Hall–Kier alpha value is -3.52. The molecule has 0 saturated heterocycles. The second-order valence-corrected chi connectivity index (χ2v) is 6.61. The van der Waals surface area contributed by atoms with Crippen LogP contribution < -0.4 is 9.80 Å². The molecule has 2 heteroatoms. The van der Waals surface area contributed by atoms with Crippen LogP contribution in [-0.4, -0.2) is 6.54 Å². The maximum atomic E-state index is 2.33. The van der Waals surface area contributed by atoms with Gasteiger partial charge in [-0.2, -0.15) is 0 Å². The smallest absolute Gasteiger partial charge is 0.0482 e. The van der Waals surface area contributed by atoms with Gasteiger partial charge in [0.2, 0.25) is 0 Å². The summed E-state index contributed by atoms with van der Waals surface area (Å²) in [6, 6.07) is 40.3. The fourth-order valence-corrected chi connectivity index (χ4v) is 3.52. The van der Waals surface area contributed by atoms with E-state index in [-0.39, 0.29) is 0 Å². The van der Waals surface area contributed by atoms with Crippen molar-refractivity contribution in [3.05, 3.63) is 115 Å². The summed E-state index contributed by atoms with van der Waals surface area (Å²) in [5.74, 6) is 0. The largest absolute Gasteiger partial charge is 0.342 e. The molecular formula is C26H24N2. The molecule has 0 aliphatic heterocycles. The van der Waals surface area contributed by atoms with Gasteiger partial charge in [0, 0.05) is 35.0 Å². The summed E-state index contributed by atoms with van der Waals surface area (Å²) in [4.78, 5) is 4.62. The highest BCUT2D eigenvalue weighted by Crippen LogP contribution is 2.37. The minimum atomic E-state index is 0.907. The standard InChI is InChI=1S/C26H24N2/c1-2-27(22-13-6-3-7-14-22)25-19-12-20-26(21-25)28(23-15-8-4-9-16-23)24-17-10-5-11-18-24/h3-21H,2H2,1H3. The summed E-state index contributed by atoms with van der Waals surface area (Å²) in [6.45, 7) is 3.09. The van der Waals surface area contributed by atoms with Crippen LogP contribution in [0.2, 0.25) is 0 Å². The predicted octanol–water partition coefficient (Wildman–Crippen LogP) is 7.31. The highest BCUT2D eigenvalue weighted by molar-refractivity contribution is 5.79. The van der Waals surface area contributed by atoms with Gasteiger partial charge in [-0.3, -0.25) is 0 Å². The number of rotatable bonds is 6. The van der Waals surface area contributed by atoms with Crippen LogP contribution in [-0.2, 0) is 0 Å². The number of hydrogen-bond acceptors (Lipinski definition) is 2. The maximum absolute atomic E-state index is 2.33.